The third kappa shape index (κ3) is 4.24. The molecule has 2 aliphatic rings. The number of hydrogen-bond acceptors (Lipinski definition) is 4. The summed E-state index contributed by atoms with van der Waals surface area (Å²) in [5, 5.41) is 2.88. The summed E-state index contributed by atoms with van der Waals surface area (Å²) in [7, 11) is -2.83. The molecule has 2 aliphatic heterocycles. The molecule has 1 N–H and O–H groups in total. The largest absolute Gasteiger partial charge is 0.376 e. The standard InChI is InChI=1S/C12H21NO4S/c14-12(13-9-11-2-1-5-17-11)8-10-3-6-18(15,16)7-4-10/h10-11H,1-9H2,(H,13,14). The van der Waals surface area contributed by atoms with E-state index >= 15 is 0 Å². The zero-order chi connectivity index (χ0) is 13.0. The van der Waals surface area contributed by atoms with E-state index in [0.717, 1.165) is 19.4 Å². The minimum absolute atomic E-state index is 0.0230. The van der Waals surface area contributed by atoms with Crippen molar-refractivity contribution < 1.29 is 17.9 Å². The van der Waals surface area contributed by atoms with Gasteiger partial charge < -0.3 is 10.1 Å². The second kappa shape index (κ2) is 6.02. The van der Waals surface area contributed by atoms with Crippen LogP contribution in [0.4, 0.5) is 0 Å². The monoisotopic (exact) mass is 275 g/mol. The number of carbonyl (C=O) groups is 1. The Labute approximate surface area is 108 Å². The first-order valence-corrected chi connectivity index (χ1v) is 8.46. The number of hydrogen-bond donors (Lipinski definition) is 1. The van der Waals surface area contributed by atoms with Crippen molar-refractivity contribution in [1.29, 1.82) is 0 Å². The molecule has 0 aromatic heterocycles. The maximum Gasteiger partial charge on any atom is 0.220 e. The van der Waals surface area contributed by atoms with Crippen LogP contribution in [0.25, 0.3) is 0 Å². The number of sulfone groups is 1. The van der Waals surface area contributed by atoms with Gasteiger partial charge in [0.05, 0.1) is 17.6 Å². The summed E-state index contributed by atoms with van der Waals surface area (Å²) in [5.41, 5.74) is 0. The van der Waals surface area contributed by atoms with Crippen LogP contribution in [0.3, 0.4) is 0 Å². The van der Waals surface area contributed by atoms with Crippen LogP contribution >= 0.6 is 0 Å². The fourth-order valence-electron chi connectivity index (χ4n) is 2.51. The lowest BCUT2D eigenvalue weighted by molar-refractivity contribution is -0.122. The van der Waals surface area contributed by atoms with Crippen LogP contribution in [0.15, 0.2) is 0 Å². The maximum atomic E-state index is 11.7. The maximum absolute atomic E-state index is 11.7. The highest BCUT2D eigenvalue weighted by atomic mass is 32.2. The molecule has 6 heteroatoms. The molecule has 5 nitrogen and oxygen atoms in total. The average Bonchev–Trinajstić information content (AvgIpc) is 2.82. The molecule has 1 amide bonds. The van der Waals surface area contributed by atoms with Crippen LogP contribution in [0.1, 0.15) is 32.1 Å². The molecule has 0 spiro atoms. The fourth-order valence-corrected chi connectivity index (χ4v) is 4.10. The molecule has 0 saturated carbocycles. The van der Waals surface area contributed by atoms with Gasteiger partial charge in [0, 0.05) is 19.6 Å². The highest BCUT2D eigenvalue weighted by Crippen LogP contribution is 2.21. The van der Waals surface area contributed by atoms with Crippen molar-refractivity contribution >= 4 is 15.7 Å². The topological polar surface area (TPSA) is 72.5 Å². The molecule has 0 aromatic rings. The second-order valence-electron chi connectivity index (χ2n) is 5.24. The summed E-state index contributed by atoms with van der Waals surface area (Å²) < 4.78 is 28.0. The van der Waals surface area contributed by atoms with Gasteiger partial charge in [0.15, 0.2) is 0 Å². The Kier molecular flexibility index (Phi) is 4.61. The summed E-state index contributed by atoms with van der Waals surface area (Å²) in [6.07, 6.45) is 3.94. The van der Waals surface area contributed by atoms with E-state index in [4.69, 9.17) is 4.74 Å². The van der Waals surface area contributed by atoms with E-state index in [1.807, 2.05) is 0 Å². The molecule has 2 fully saturated rings. The van der Waals surface area contributed by atoms with Gasteiger partial charge in [-0.15, -0.1) is 0 Å². The lowest BCUT2D eigenvalue weighted by Crippen LogP contribution is -2.34. The molecule has 2 rings (SSSR count). The molecular weight excluding hydrogens is 254 g/mol. The van der Waals surface area contributed by atoms with Crippen molar-refractivity contribution in [2.75, 3.05) is 24.7 Å². The van der Waals surface area contributed by atoms with Gasteiger partial charge in [-0.1, -0.05) is 0 Å². The van der Waals surface area contributed by atoms with E-state index in [1.165, 1.54) is 0 Å². The zero-order valence-electron chi connectivity index (χ0n) is 10.6. The summed E-state index contributed by atoms with van der Waals surface area (Å²) in [6.45, 7) is 1.38. The highest BCUT2D eigenvalue weighted by Gasteiger charge is 2.25. The van der Waals surface area contributed by atoms with E-state index in [0.29, 0.717) is 25.8 Å². The predicted molar refractivity (Wildman–Crippen MR) is 68.0 cm³/mol. The van der Waals surface area contributed by atoms with Gasteiger partial charge in [-0.05, 0) is 31.6 Å². The van der Waals surface area contributed by atoms with E-state index in [9.17, 15) is 13.2 Å². The predicted octanol–water partition coefficient (Wildman–Crippen LogP) is 0.496. The third-order valence-corrected chi connectivity index (χ3v) is 5.41. The van der Waals surface area contributed by atoms with Gasteiger partial charge in [0.25, 0.3) is 0 Å². The molecule has 2 saturated heterocycles. The van der Waals surface area contributed by atoms with Crippen LogP contribution in [0.2, 0.25) is 0 Å². The Balaban J connectivity index is 1.65. The summed E-state index contributed by atoms with van der Waals surface area (Å²) >= 11 is 0. The van der Waals surface area contributed by atoms with E-state index < -0.39 is 9.84 Å². The highest BCUT2D eigenvalue weighted by molar-refractivity contribution is 7.91. The van der Waals surface area contributed by atoms with Crippen LogP contribution in [0, 0.1) is 5.92 Å². The van der Waals surface area contributed by atoms with Gasteiger partial charge in [-0.3, -0.25) is 4.79 Å². The summed E-state index contributed by atoms with van der Waals surface area (Å²) in [6, 6.07) is 0. The SMILES string of the molecule is O=C(CC1CCS(=O)(=O)CC1)NCC1CCCO1. The van der Waals surface area contributed by atoms with Crippen molar-refractivity contribution in [3.8, 4) is 0 Å². The lowest BCUT2D eigenvalue weighted by atomic mass is 9.98. The molecule has 1 atom stereocenters. The third-order valence-electron chi connectivity index (χ3n) is 3.70. The van der Waals surface area contributed by atoms with Crippen molar-refractivity contribution in [3.63, 3.8) is 0 Å². The fraction of sp³-hybridized carbons (Fsp3) is 0.917. The molecule has 0 aromatic carbocycles. The summed E-state index contributed by atoms with van der Waals surface area (Å²) in [5.74, 6) is 0.709. The van der Waals surface area contributed by atoms with E-state index in [1.54, 1.807) is 0 Å². The minimum atomic E-state index is -2.83. The summed E-state index contributed by atoms with van der Waals surface area (Å²) in [4.78, 5) is 11.7. The Morgan fingerprint density at radius 3 is 2.56 bits per heavy atom. The number of nitrogens with one attached hydrogen (secondary N) is 1. The molecule has 2 heterocycles. The first kappa shape index (κ1) is 13.8. The number of carbonyl (C=O) groups excluding carboxylic acids is 1. The minimum Gasteiger partial charge on any atom is -0.376 e. The first-order valence-electron chi connectivity index (χ1n) is 6.64. The van der Waals surface area contributed by atoms with Crippen molar-refractivity contribution in [2.45, 2.75) is 38.2 Å². The van der Waals surface area contributed by atoms with Gasteiger partial charge in [0.1, 0.15) is 9.84 Å². The zero-order valence-corrected chi connectivity index (χ0v) is 11.4. The Morgan fingerprint density at radius 1 is 1.22 bits per heavy atom. The van der Waals surface area contributed by atoms with Crippen LogP contribution in [0.5, 0.6) is 0 Å². The molecule has 0 radical (unpaired) electrons. The quantitative estimate of drug-likeness (QED) is 0.811. The molecule has 104 valence electrons. The Bertz CT molecular complexity index is 373. The van der Waals surface area contributed by atoms with Gasteiger partial charge in [-0.2, -0.15) is 0 Å². The Hall–Kier alpha value is -0.620. The van der Waals surface area contributed by atoms with Crippen molar-refractivity contribution in [2.24, 2.45) is 5.92 Å². The first-order chi connectivity index (χ1) is 8.55. The average molecular weight is 275 g/mol. The Morgan fingerprint density at radius 2 is 1.94 bits per heavy atom. The van der Waals surface area contributed by atoms with E-state index in [-0.39, 0.29) is 29.4 Å². The number of amides is 1. The van der Waals surface area contributed by atoms with Gasteiger partial charge >= 0.3 is 0 Å². The molecular formula is C12H21NO4S. The van der Waals surface area contributed by atoms with Crippen LogP contribution < -0.4 is 5.32 Å². The molecule has 1 unspecified atom stereocenters. The van der Waals surface area contributed by atoms with Crippen molar-refractivity contribution in [3.05, 3.63) is 0 Å². The van der Waals surface area contributed by atoms with Crippen LogP contribution in [-0.2, 0) is 19.4 Å². The number of rotatable bonds is 4. The lowest BCUT2D eigenvalue weighted by Gasteiger charge is -2.21. The van der Waals surface area contributed by atoms with Crippen molar-refractivity contribution in [1.82, 2.24) is 5.32 Å². The van der Waals surface area contributed by atoms with E-state index in [2.05, 4.69) is 5.32 Å². The van der Waals surface area contributed by atoms with Crippen LogP contribution in [-0.4, -0.2) is 45.1 Å². The molecule has 18 heavy (non-hydrogen) atoms. The molecule has 0 aliphatic carbocycles. The smallest absolute Gasteiger partial charge is 0.220 e. The second-order valence-corrected chi connectivity index (χ2v) is 7.54. The van der Waals surface area contributed by atoms with Gasteiger partial charge in [-0.25, -0.2) is 8.42 Å². The normalized spacial score (nSPS) is 28.1. The van der Waals surface area contributed by atoms with Gasteiger partial charge in [0.2, 0.25) is 5.91 Å². The number of ether oxygens (including phenoxy) is 1. The molecule has 0 bridgehead atoms.